The maximum absolute atomic E-state index is 11.7. The van der Waals surface area contributed by atoms with Crippen LogP contribution in [0, 0.1) is 11.3 Å². The number of nitriles is 1. The van der Waals surface area contributed by atoms with Crippen molar-refractivity contribution in [1.82, 2.24) is 5.32 Å². The van der Waals surface area contributed by atoms with Crippen LogP contribution < -0.4 is 10.1 Å². The van der Waals surface area contributed by atoms with Crippen LogP contribution >= 0.6 is 0 Å². The number of hydrogen-bond donors (Lipinski definition) is 1. The molecule has 0 saturated carbocycles. The zero-order valence-corrected chi connectivity index (χ0v) is 10.1. The van der Waals surface area contributed by atoms with Gasteiger partial charge < -0.3 is 10.1 Å². The predicted octanol–water partition coefficient (Wildman–Crippen LogP) is 1.66. The fourth-order valence-electron chi connectivity index (χ4n) is 1.54. The van der Waals surface area contributed by atoms with Gasteiger partial charge in [0.15, 0.2) is 0 Å². The summed E-state index contributed by atoms with van der Waals surface area (Å²) in [5.41, 5.74) is 0.844. The van der Waals surface area contributed by atoms with E-state index >= 15 is 0 Å². The van der Waals surface area contributed by atoms with E-state index < -0.39 is 0 Å². The monoisotopic (exact) mass is 232 g/mol. The molecule has 17 heavy (non-hydrogen) atoms. The van der Waals surface area contributed by atoms with Gasteiger partial charge in [0.05, 0.1) is 26.0 Å². The van der Waals surface area contributed by atoms with E-state index in [1.807, 2.05) is 37.3 Å². The van der Waals surface area contributed by atoms with Crippen molar-refractivity contribution in [2.75, 3.05) is 7.11 Å². The minimum atomic E-state index is -0.123. The van der Waals surface area contributed by atoms with Gasteiger partial charge in [-0.1, -0.05) is 18.2 Å². The summed E-state index contributed by atoms with van der Waals surface area (Å²) in [7, 11) is 1.58. The van der Waals surface area contributed by atoms with Gasteiger partial charge in [0.1, 0.15) is 5.75 Å². The lowest BCUT2D eigenvalue weighted by Crippen LogP contribution is -2.33. The molecule has 0 aliphatic rings. The second kappa shape index (κ2) is 6.54. The molecule has 0 spiro atoms. The lowest BCUT2D eigenvalue weighted by Gasteiger charge is -2.11. The highest BCUT2D eigenvalue weighted by atomic mass is 16.5. The average molecular weight is 232 g/mol. The molecule has 0 aliphatic heterocycles. The van der Waals surface area contributed by atoms with Gasteiger partial charge in [-0.25, -0.2) is 0 Å². The molecule has 1 atom stereocenters. The van der Waals surface area contributed by atoms with E-state index in [0.717, 1.165) is 5.56 Å². The number of carbonyl (C=O) groups excluding carboxylic acids is 1. The molecule has 0 bridgehead atoms. The number of nitrogens with one attached hydrogen (secondary N) is 1. The summed E-state index contributed by atoms with van der Waals surface area (Å²) < 4.78 is 5.17. The summed E-state index contributed by atoms with van der Waals surface area (Å²) in [5.74, 6) is 0.604. The van der Waals surface area contributed by atoms with E-state index in [1.54, 1.807) is 7.11 Å². The van der Waals surface area contributed by atoms with Gasteiger partial charge >= 0.3 is 0 Å². The molecule has 1 unspecified atom stereocenters. The van der Waals surface area contributed by atoms with Gasteiger partial charge in [-0.2, -0.15) is 5.26 Å². The molecule has 1 aromatic carbocycles. The minimum absolute atomic E-state index is 0.0998. The third-order valence-electron chi connectivity index (χ3n) is 2.35. The van der Waals surface area contributed by atoms with Crippen LogP contribution in [0.3, 0.4) is 0 Å². The molecule has 0 saturated heterocycles. The number of hydrogen-bond acceptors (Lipinski definition) is 3. The fourth-order valence-corrected chi connectivity index (χ4v) is 1.54. The highest BCUT2D eigenvalue weighted by Gasteiger charge is 2.10. The molecule has 0 aliphatic carbocycles. The van der Waals surface area contributed by atoms with Crippen molar-refractivity contribution in [3.05, 3.63) is 29.8 Å². The molecule has 4 nitrogen and oxygen atoms in total. The Hall–Kier alpha value is -2.02. The van der Waals surface area contributed by atoms with Crippen LogP contribution in [0.1, 0.15) is 18.9 Å². The number of para-hydroxylation sites is 1. The molecule has 90 valence electrons. The maximum Gasteiger partial charge on any atom is 0.224 e. The van der Waals surface area contributed by atoms with Crippen LogP contribution in [0.5, 0.6) is 5.75 Å². The summed E-state index contributed by atoms with van der Waals surface area (Å²) in [5, 5.41) is 11.3. The molecule has 0 radical (unpaired) electrons. The molecule has 0 aromatic heterocycles. The van der Waals surface area contributed by atoms with Crippen molar-refractivity contribution >= 4 is 5.91 Å². The van der Waals surface area contributed by atoms with Gasteiger partial charge in [-0.05, 0) is 13.0 Å². The Morgan fingerprint density at radius 3 is 2.88 bits per heavy atom. The second-order valence-electron chi connectivity index (χ2n) is 3.82. The molecule has 1 N–H and O–H groups in total. The summed E-state index contributed by atoms with van der Waals surface area (Å²) in [6.07, 6.45) is 0.581. The van der Waals surface area contributed by atoms with E-state index in [-0.39, 0.29) is 18.4 Å². The van der Waals surface area contributed by atoms with E-state index in [9.17, 15) is 4.79 Å². The van der Waals surface area contributed by atoms with Gasteiger partial charge in [0.2, 0.25) is 5.91 Å². The number of nitrogens with zero attached hydrogens (tertiary/aromatic N) is 1. The maximum atomic E-state index is 11.7. The van der Waals surface area contributed by atoms with Crippen LogP contribution in [0.2, 0.25) is 0 Å². The number of carbonyl (C=O) groups is 1. The average Bonchev–Trinajstić information content (AvgIpc) is 2.29. The highest BCUT2D eigenvalue weighted by molar-refractivity contribution is 5.79. The molecule has 1 aromatic rings. The number of rotatable bonds is 5. The Kier molecular flexibility index (Phi) is 5.02. The normalized spacial score (nSPS) is 11.4. The van der Waals surface area contributed by atoms with Crippen LogP contribution in [0.15, 0.2) is 24.3 Å². The lowest BCUT2D eigenvalue weighted by molar-refractivity contribution is -0.121. The summed E-state index contributed by atoms with van der Waals surface area (Å²) in [6, 6.07) is 9.30. The standard InChI is InChI=1S/C13H16N2O2/c1-10(7-8-14)15-13(16)9-11-5-3-4-6-12(11)17-2/h3-6,10H,7,9H2,1-2H3,(H,15,16). The van der Waals surface area contributed by atoms with Crippen molar-refractivity contribution in [3.8, 4) is 11.8 Å². The van der Waals surface area contributed by atoms with Crippen molar-refractivity contribution in [2.45, 2.75) is 25.8 Å². The van der Waals surface area contributed by atoms with Gasteiger partial charge in [0.25, 0.3) is 0 Å². The quantitative estimate of drug-likeness (QED) is 0.839. The number of amides is 1. The third-order valence-corrected chi connectivity index (χ3v) is 2.35. The van der Waals surface area contributed by atoms with Crippen molar-refractivity contribution in [1.29, 1.82) is 5.26 Å². The first-order valence-corrected chi connectivity index (χ1v) is 5.45. The molecule has 0 heterocycles. The largest absolute Gasteiger partial charge is 0.496 e. The predicted molar refractivity (Wildman–Crippen MR) is 64.5 cm³/mol. The fraction of sp³-hybridized carbons (Fsp3) is 0.385. The number of methoxy groups -OCH3 is 1. The first-order chi connectivity index (χ1) is 8.17. The summed E-state index contributed by atoms with van der Waals surface area (Å²) >= 11 is 0. The number of benzene rings is 1. The van der Waals surface area contributed by atoms with Crippen molar-refractivity contribution < 1.29 is 9.53 Å². The van der Waals surface area contributed by atoms with E-state index in [0.29, 0.717) is 12.2 Å². The second-order valence-corrected chi connectivity index (χ2v) is 3.82. The Balaban J connectivity index is 2.59. The molecule has 1 rings (SSSR count). The Labute approximate surface area is 101 Å². The molecular weight excluding hydrogens is 216 g/mol. The smallest absolute Gasteiger partial charge is 0.224 e. The van der Waals surface area contributed by atoms with Crippen molar-refractivity contribution in [3.63, 3.8) is 0 Å². The van der Waals surface area contributed by atoms with Crippen LogP contribution in [0.4, 0.5) is 0 Å². The zero-order chi connectivity index (χ0) is 12.7. The van der Waals surface area contributed by atoms with Crippen LogP contribution in [0.25, 0.3) is 0 Å². The van der Waals surface area contributed by atoms with Crippen LogP contribution in [-0.4, -0.2) is 19.1 Å². The lowest BCUT2D eigenvalue weighted by atomic mass is 10.1. The highest BCUT2D eigenvalue weighted by Crippen LogP contribution is 2.17. The van der Waals surface area contributed by atoms with Gasteiger partial charge in [-0.15, -0.1) is 0 Å². The van der Waals surface area contributed by atoms with E-state index in [1.165, 1.54) is 0 Å². The topological polar surface area (TPSA) is 62.1 Å². The molecule has 0 fully saturated rings. The van der Waals surface area contributed by atoms with Gasteiger partial charge in [-0.3, -0.25) is 4.79 Å². The van der Waals surface area contributed by atoms with E-state index in [4.69, 9.17) is 10.00 Å². The number of ether oxygens (including phenoxy) is 1. The summed E-state index contributed by atoms with van der Waals surface area (Å²) in [6.45, 7) is 1.81. The molecule has 4 heteroatoms. The molecule has 1 amide bonds. The zero-order valence-electron chi connectivity index (χ0n) is 10.1. The van der Waals surface area contributed by atoms with Gasteiger partial charge in [0, 0.05) is 11.6 Å². The Morgan fingerprint density at radius 1 is 1.53 bits per heavy atom. The SMILES string of the molecule is COc1ccccc1CC(=O)NC(C)CC#N. The Bertz CT molecular complexity index is 424. The first kappa shape index (κ1) is 13.0. The Morgan fingerprint density at radius 2 is 2.24 bits per heavy atom. The summed E-state index contributed by atoms with van der Waals surface area (Å²) in [4.78, 5) is 11.7. The first-order valence-electron chi connectivity index (χ1n) is 5.45. The van der Waals surface area contributed by atoms with Crippen molar-refractivity contribution in [2.24, 2.45) is 0 Å². The molecular formula is C13H16N2O2. The third kappa shape index (κ3) is 4.15. The van der Waals surface area contributed by atoms with Crippen LogP contribution in [-0.2, 0) is 11.2 Å². The van der Waals surface area contributed by atoms with E-state index in [2.05, 4.69) is 5.32 Å². The minimum Gasteiger partial charge on any atom is -0.496 e.